The van der Waals surface area contributed by atoms with Crippen molar-refractivity contribution in [1.82, 2.24) is 20.4 Å². The van der Waals surface area contributed by atoms with Crippen molar-refractivity contribution in [1.29, 1.82) is 0 Å². The molecule has 0 saturated carbocycles. The monoisotopic (exact) mass is 530 g/mol. The maximum Gasteiger partial charge on any atom is 0.338 e. The zero-order valence-corrected chi connectivity index (χ0v) is 23.2. The number of para-hydroxylation sites is 1. The van der Waals surface area contributed by atoms with Crippen LogP contribution in [0, 0.1) is 5.92 Å². The van der Waals surface area contributed by atoms with E-state index in [4.69, 9.17) is 14.6 Å². The number of rotatable bonds is 12. The summed E-state index contributed by atoms with van der Waals surface area (Å²) in [6, 6.07) is 16.4. The fourth-order valence-corrected chi connectivity index (χ4v) is 4.48. The molecular formula is C31H38N4O4. The number of hydrogen-bond donors (Lipinski definition) is 2. The van der Waals surface area contributed by atoms with Crippen LogP contribution in [0.25, 0.3) is 16.9 Å². The lowest BCUT2D eigenvalue weighted by atomic mass is 9.93. The van der Waals surface area contributed by atoms with Crippen LogP contribution in [0.15, 0.2) is 72.1 Å². The van der Waals surface area contributed by atoms with Crippen molar-refractivity contribution in [3.8, 4) is 22.7 Å². The van der Waals surface area contributed by atoms with Gasteiger partial charge in [0, 0.05) is 23.0 Å². The van der Waals surface area contributed by atoms with Gasteiger partial charge >= 0.3 is 12.0 Å². The number of carbonyl (C=O) groups excluding carboxylic acids is 2. The molecule has 2 amide bonds. The first kappa shape index (κ1) is 28.0. The molecule has 1 aliphatic rings. The topological polar surface area (TPSA) is 94.5 Å². The lowest BCUT2D eigenvalue weighted by molar-refractivity contribution is -0.140. The predicted molar refractivity (Wildman–Crippen MR) is 152 cm³/mol. The third-order valence-electron chi connectivity index (χ3n) is 6.51. The Morgan fingerprint density at radius 1 is 1.05 bits per heavy atom. The summed E-state index contributed by atoms with van der Waals surface area (Å²) in [5, 5.41) is 10.5. The maximum atomic E-state index is 13.2. The van der Waals surface area contributed by atoms with Crippen LogP contribution in [-0.2, 0) is 9.53 Å². The Labute approximate surface area is 230 Å². The van der Waals surface area contributed by atoms with Gasteiger partial charge in [0.1, 0.15) is 5.75 Å². The number of unbranched alkanes of at least 4 members (excludes halogenated alkanes) is 3. The molecule has 8 nitrogen and oxygen atoms in total. The second kappa shape index (κ2) is 13.1. The molecule has 2 N–H and O–H groups in total. The summed E-state index contributed by atoms with van der Waals surface area (Å²) < 4.78 is 13.3. The first-order valence-electron chi connectivity index (χ1n) is 13.7. The highest BCUT2D eigenvalue weighted by molar-refractivity contribution is 5.95. The Bertz CT molecular complexity index is 1300. The summed E-state index contributed by atoms with van der Waals surface area (Å²) in [5.41, 5.74) is 3.87. The average molecular weight is 531 g/mol. The van der Waals surface area contributed by atoms with E-state index < -0.39 is 12.0 Å². The summed E-state index contributed by atoms with van der Waals surface area (Å²) in [7, 11) is 0. The second-order valence-electron chi connectivity index (χ2n) is 10.2. The number of benzene rings is 2. The van der Waals surface area contributed by atoms with Crippen LogP contribution >= 0.6 is 0 Å². The van der Waals surface area contributed by atoms with Gasteiger partial charge < -0.3 is 20.1 Å². The average Bonchev–Trinajstić information content (AvgIpc) is 3.37. The standard InChI is InChI=1S/C31H38N4O4/c1-5-6-7-11-18-38-25-16-14-23(15-17-25)28-26(19-35(34-28)24-12-9-8-10-13-24)29-27(22(4)32-31(37)33-29)30(36)39-20-21(2)3/h8-10,12-17,19,21,29H,5-7,11,18,20H2,1-4H3,(H2,32,33,37). The van der Waals surface area contributed by atoms with Crippen LogP contribution in [0.3, 0.4) is 0 Å². The van der Waals surface area contributed by atoms with Gasteiger partial charge in [-0.05, 0) is 55.7 Å². The van der Waals surface area contributed by atoms with Crippen molar-refractivity contribution in [2.24, 2.45) is 5.92 Å². The van der Waals surface area contributed by atoms with Crippen molar-refractivity contribution >= 4 is 12.0 Å². The molecule has 206 valence electrons. The Morgan fingerprint density at radius 3 is 2.49 bits per heavy atom. The number of aromatic nitrogens is 2. The number of ether oxygens (including phenoxy) is 2. The van der Waals surface area contributed by atoms with E-state index in [-0.39, 0.29) is 18.6 Å². The van der Waals surface area contributed by atoms with Crippen LogP contribution in [0.5, 0.6) is 5.75 Å². The van der Waals surface area contributed by atoms with E-state index in [1.165, 1.54) is 12.8 Å². The summed E-state index contributed by atoms with van der Waals surface area (Å²) in [6.45, 7) is 8.83. The van der Waals surface area contributed by atoms with E-state index in [0.717, 1.165) is 29.8 Å². The zero-order chi connectivity index (χ0) is 27.8. The molecule has 1 aliphatic heterocycles. The molecule has 0 fully saturated rings. The number of allylic oxidation sites excluding steroid dienone is 1. The molecule has 3 aromatic rings. The van der Waals surface area contributed by atoms with Crippen molar-refractivity contribution in [3.63, 3.8) is 0 Å². The van der Waals surface area contributed by atoms with Crippen LogP contribution in [0.1, 0.15) is 65.0 Å². The third kappa shape index (κ3) is 7.07. The van der Waals surface area contributed by atoms with E-state index in [9.17, 15) is 9.59 Å². The number of carbonyl (C=O) groups is 2. The summed E-state index contributed by atoms with van der Waals surface area (Å²) in [6.07, 6.45) is 6.45. The van der Waals surface area contributed by atoms with Gasteiger partial charge in [0.25, 0.3) is 0 Å². The molecule has 0 radical (unpaired) electrons. The number of amides is 2. The molecule has 39 heavy (non-hydrogen) atoms. The highest BCUT2D eigenvalue weighted by atomic mass is 16.5. The molecule has 2 aromatic carbocycles. The molecule has 1 aromatic heterocycles. The summed E-state index contributed by atoms with van der Waals surface area (Å²) in [4.78, 5) is 25.8. The number of esters is 1. The highest BCUT2D eigenvalue weighted by Gasteiger charge is 2.35. The van der Waals surface area contributed by atoms with Crippen LogP contribution < -0.4 is 15.4 Å². The van der Waals surface area contributed by atoms with Crippen molar-refractivity contribution < 1.29 is 19.1 Å². The van der Waals surface area contributed by atoms with Gasteiger partial charge in [-0.1, -0.05) is 58.2 Å². The van der Waals surface area contributed by atoms with Crippen LogP contribution in [0.4, 0.5) is 4.79 Å². The molecule has 0 saturated heterocycles. The molecule has 8 heteroatoms. The number of hydrogen-bond acceptors (Lipinski definition) is 5. The maximum absolute atomic E-state index is 13.2. The molecule has 0 aliphatic carbocycles. The largest absolute Gasteiger partial charge is 0.494 e. The number of urea groups is 1. The molecule has 0 bridgehead atoms. The smallest absolute Gasteiger partial charge is 0.338 e. The molecule has 0 spiro atoms. The van der Waals surface area contributed by atoms with E-state index in [0.29, 0.717) is 29.1 Å². The predicted octanol–water partition coefficient (Wildman–Crippen LogP) is 6.33. The number of nitrogens with zero attached hydrogens (tertiary/aromatic N) is 2. The van der Waals surface area contributed by atoms with Crippen molar-refractivity contribution in [2.45, 2.75) is 59.4 Å². The van der Waals surface area contributed by atoms with E-state index in [1.54, 1.807) is 11.6 Å². The third-order valence-corrected chi connectivity index (χ3v) is 6.51. The van der Waals surface area contributed by atoms with Gasteiger partial charge in [0.15, 0.2) is 0 Å². The minimum atomic E-state index is -0.736. The summed E-state index contributed by atoms with van der Waals surface area (Å²) >= 11 is 0. The molecular weight excluding hydrogens is 492 g/mol. The van der Waals surface area contributed by atoms with Crippen LogP contribution in [0.2, 0.25) is 0 Å². The first-order valence-corrected chi connectivity index (χ1v) is 13.7. The minimum Gasteiger partial charge on any atom is -0.494 e. The van der Waals surface area contributed by atoms with Gasteiger partial charge in [0.05, 0.1) is 36.2 Å². The Kier molecular flexibility index (Phi) is 9.41. The second-order valence-corrected chi connectivity index (χ2v) is 10.2. The Morgan fingerprint density at radius 2 is 1.79 bits per heavy atom. The SMILES string of the molecule is CCCCCCOc1ccc(-c2nn(-c3ccccc3)cc2C2NC(=O)NC(C)=C2C(=O)OCC(C)C)cc1. The van der Waals surface area contributed by atoms with Gasteiger partial charge in [-0.2, -0.15) is 5.10 Å². The highest BCUT2D eigenvalue weighted by Crippen LogP contribution is 2.35. The van der Waals surface area contributed by atoms with Gasteiger partial charge in [-0.3, -0.25) is 0 Å². The molecule has 2 heterocycles. The molecule has 4 rings (SSSR count). The van der Waals surface area contributed by atoms with Crippen molar-refractivity contribution in [3.05, 3.63) is 77.6 Å². The van der Waals surface area contributed by atoms with E-state index >= 15 is 0 Å². The lowest BCUT2D eigenvalue weighted by Crippen LogP contribution is -2.45. The first-order chi connectivity index (χ1) is 18.9. The van der Waals surface area contributed by atoms with Gasteiger partial charge in [0.2, 0.25) is 0 Å². The van der Waals surface area contributed by atoms with E-state index in [2.05, 4.69) is 17.6 Å². The van der Waals surface area contributed by atoms with Crippen LogP contribution in [-0.4, -0.2) is 35.0 Å². The molecule has 1 unspecified atom stereocenters. The quantitative estimate of drug-likeness (QED) is 0.211. The number of nitrogens with one attached hydrogen (secondary N) is 2. The van der Waals surface area contributed by atoms with E-state index in [1.807, 2.05) is 74.6 Å². The normalized spacial score (nSPS) is 15.2. The summed E-state index contributed by atoms with van der Waals surface area (Å²) in [5.74, 6) is 0.510. The van der Waals surface area contributed by atoms with Crippen molar-refractivity contribution in [2.75, 3.05) is 13.2 Å². The van der Waals surface area contributed by atoms with Gasteiger partial charge in [-0.25, -0.2) is 14.3 Å². The fraction of sp³-hybridized carbons (Fsp3) is 0.387. The zero-order valence-electron chi connectivity index (χ0n) is 23.2. The minimum absolute atomic E-state index is 0.184. The molecule has 1 atom stereocenters. The van der Waals surface area contributed by atoms with Gasteiger partial charge in [-0.15, -0.1) is 0 Å². The Hall–Kier alpha value is -4.07. The fourth-order valence-electron chi connectivity index (χ4n) is 4.48. The Balaban J connectivity index is 1.70. The lowest BCUT2D eigenvalue weighted by Gasteiger charge is -2.28.